The fourth-order valence-electron chi connectivity index (χ4n) is 0.618. The van der Waals surface area contributed by atoms with Crippen molar-refractivity contribution in [3.63, 3.8) is 0 Å². The van der Waals surface area contributed by atoms with Crippen LogP contribution in [0.15, 0.2) is 0 Å². The molecule has 0 amide bonds. The van der Waals surface area contributed by atoms with Gasteiger partial charge in [0.25, 0.3) is 0 Å². The molecule has 0 spiro atoms. The average molecular weight is 121 g/mol. The van der Waals surface area contributed by atoms with E-state index in [9.17, 15) is 0 Å². The number of halogens is 1. The van der Waals surface area contributed by atoms with Gasteiger partial charge in [-0.05, 0) is 0 Å². The Morgan fingerprint density at radius 3 is 2.57 bits per heavy atom. The van der Waals surface area contributed by atoms with Crippen molar-refractivity contribution < 1.29 is 0 Å². The second-order valence-corrected chi connectivity index (χ2v) is 2.15. The summed E-state index contributed by atoms with van der Waals surface area (Å²) in [5.74, 6) is 0. The van der Waals surface area contributed by atoms with E-state index >= 15 is 0 Å². The quantitative estimate of drug-likeness (QED) is 0.340. The summed E-state index contributed by atoms with van der Waals surface area (Å²) in [6.07, 6.45) is 0. The maximum absolute atomic E-state index is 5.64. The summed E-state index contributed by atoms with van der Waals surface area (Å²) in [7, 11) is 0. The van der Waals surface area contributed by atoms with Crippen LogP contribution < -0.4 is 10.6 Å². The minimum Gasteiger partial charge on any atom is -0.313 e. The number of alkyl halides is 1. The van der Waals surface area contributed by atoms with E-state index in [0.29, 0.717) is 0 Å². The van der Waals surface area contributed by atoms with E-state index in [-0.39, 0.29) is 5.50 Å². The van der Waals surface area contributed by atoms with Crippen molar-refractivity contribution in [2.75, 3.05) is 19.6 Å². The van der Waals surface area contributed by atoms with Crippen molar-refractivity contribution in [1.82, 2.24) is 10.6 Å². The van der Waals surface area contributed by atoms with Gasteiger partial charge in [0.05, 0.1) is 5.50 Å². The highest BCUT2D eigenvalue weighted by molar-refractivity contribution is 6.20. The summed E-state index contributed by atoms with van der Waals surface area (Å²) in [6, 6.07) is 0. The molecule has 2 N–H and O–H groups in total. The van der Waals surface area contributed by atoms with E-state index < -0.39 is 0 Å². The summed E-state index contributed by atoms with van der Waals surface area (Å²) in [5.41, 5.74) is 0.147. The number of hydrogen-bond acceptors (Lipinski definition) is 2. The van der Waals surface area contributed by atoms with Crippen molar-refractivity contribution in [3.8, 4) is 0 Å². The molecule has 0 bridgehead atoms. The van der Waals surface area contributed by atoms with Crippen molar-refractivity contribution in [3.05, 3.63) is 0 Å². The number of hydrogen-bond donors (Lipinski definition) is 2. The van der Waals surface area contributed by atoms with Gasteiger partial charge in [-0.15, -0.1) is 11.6 Å². The molecule has 1 rings (SSSR count). The molecule has 0 aromatic heterocycles. The van der Waals surface area contributed by atoms with Crippen LogP contribution in [0.25, 0.3) is 0 Å². The Balaban J connectivity index is 2.12. The van der Waals surface area contributed by atoms with Crippen LogP contribution in [-0.4, -0.2) is 25.1 Å². The van der Waals surface area contributed by atoms with Crippen LogP contribution in [0.4, 0.5) is 0 Å². The SMILES string of the molecule is Cl[C@@H]1CNCCN1. The molecule has 1 heterocycles. The monoisotopic (exact) mass is 120 g/mol. The van der Waals surface area contributed by atoms with Crippen molar-refractivity contribution in [2.24, 2.45) is 0 Å². The summed E-state index contributed by atoms with van der Waals surface area (Å²) in [4.78, 5) is 0. The Hall–Kier alpha value is 0.210. The zero-order chi connectivity index (χ0) is 5.11. The fourth-order valence-corrected chi connectivity index (χ4v) is 0.836. The average Bonchev–Trinajstić information content (AvgIpc) is 1.69. The first-order valence-corrected chi connectivity index (χ1v) is 2.91. The third-order valence-electron chi connectivity index (χ3n) is 0.991. The predicted molar refractivity (Wildman–Crippen MR) is 30.5 cm³/mol. The lowest BCUT2D eigenvalue weighted by atomic mass is 10.4. The van der Waals surface area contributed by atoms with Gasteiger partial charge in [-0.2, -0.15) is 0 Å². The molecule has 1 saturated heterocycles. The van der Waals surface area contributed by atoms with Gasteiger partial charge in [-0.3, -0.25) is 5.32 Å². The van der Waals surface area contributed by atoms with Crippen LogP contribution in [0.5, 0.6) is 0 Å². The summed E-state index contributed by atoms with van der Waals surface area (Å²) in [5, 5.41) is 6.22. The molecule has 1 atom stereocenters. The highest BCUT2D eigenvalue weighted by atomic mass is 35.5. The zero-order valence-corrected chi connectivity index (χ0v) is 4.83. The molecule has 0 radical (unpaired) electrons. The third-order valence-corrected chi connectivity index (χ3v) is 1.30. The van der Waals surface area contributed by atoms with E-state index in [0.717, 1.165) is 19.6 Å². The highest BCUT2D eigenvalue weighted by Crippen LogP contribution is 1.89. The summed E-state index contributed by atoms with van der Waals surface area (Å²) >= 11 is 5.64. The van der Waals surface area contributed by atoms with Gasteiger partial charge in [0.15, 0.2) is 0 Å². The molecule has 0 saturated carbocycles. The normalized spacial score (nSPS) is 33.0. The van der Waals surface area contributed by atoms with E-state index in [1.54, 1.807) is 0 Å². The summed E-state index contributed by atoms with van der Waals surface area (Å²) < 4.78 is 0. The van der Waals surface area contributed by atoms with Gasteiger partial charge in [0.1, 0.15) is 0 Å². The Morgan fingerprint density at radius 1 is 1.43 bits per heavy atom. The van der Waals surface area contributed by atoms with Crippen LogP contribution in [0, 0.1) is 0 Å². The third kappa shape index (κ3) is 1.63. The zero-order valence-electron chi connectivity index (χ0n) is 4.08. The molecule has 1 aliphatic heterocycles. The molecule has 0 unspecified atom stereocenters. The Bertz CT molecular complexity index is 51.7. The lowest BCUT2D eigenvalue weighted by molar-refractivity contribution is 0.501. The number of nitrogens with one attached hydrogen (secondary N) is 2. The molecule has 42 valence electrons. The van der Waals surface area contributed by atoms with E-state index in [1.165, 1.54) is 0 Å². The smallest absolute Gasteiger partial charge is 0.0952 e. The van der Waals surface area contributed by atoms with Gasteiger partial charge >= 0.3 is 0 Å². The van der Waals surface area contributed by atoms with Crippen molar-refractivity contribution >= 4 is 11.6 Å². The first-order valence-electron chi connectivity index (χ1n) is 2.48. The van der Waals surface area contributed by atoms with Crippen LogP contribution in [0.2, 0.25) is 0 Å². The molecule has 0 aromatic carbocycles. The van der Waals surface area contributed by atoms with Crippen LogP contribution in [-0.2, 0) is 0 Å². The van der Waals surface area contributed by atoms with Crippen molar-refractivity contribution in [2.45, 2.75) is 5.50 Å². The van der Waals surface area contributed by atoms with Crippen LogP contribution in [0.1, 0.15) is 0 Å². The standard InChI is InChI=1S/C4H9ClN2/c5-4-3-6-1-2-7-4/h4,6-7H,1-3H2/t4-/m0/s1. The van der Waals surface area contributed by atoms with Gasteiger partial charge < -0.3 is 5.32 Å². The largest absolute Gasteiger partial charge is 0.313 e. The lowest BCUT2D eigenvalue weighted by Crippen LogP contribution is -2.45. The molecular weight excluding hydrogens is 112 g/mol. The van der Waals surface area contributed by atoms with Gasteiger partial charge in [0.2, 0.25) is 0 Å². The minimum absolute atomic E-state index is 0.147. The second-order valence-electron chi connectivity index (χ2n) is 1.63. The topological polar surface area (TPSA) is 24.1 Å². The molecule has 1 fully saturated rings. The van der Waals surface area contributed by atoms with Crippen molar-refractivity contribution in [1.29, 1.82) is 0 Å². The van der Waals surface area contributed by atoms with Gasteiger partial charge in [0, 0.05) is 19.6 Å². The lowest BCUT2D eigenvalue weighted by Gasteiger charge is -2.17. The van der Waals surface area contributed by atoms with Crippen LogP contribution >= 0.6 is 11.6 Å². The molecule has 1 aliphatic rings. The van der Waals surface area contributed by atoms with E-state index in [2.05, 4.69) is 10.6 Å². The van der Waals surface area contributed by atoms with Gasteiger partial charge in [-0.25, -0.2) is 0 Å². The Labute approximate surface area is 48.2 Å². The second kappa shape index (κ2) is 2.50. The highest BCUT2D eigenvalue weighted by Gasteiger charge is 2.05. The van der Waals surface area contributed by atoms with Crippen LogP contribution in [0.3, 0.4) is 0 Å². The minimum atomic E-state index is 0.147. The predicted octanol–water partition coefficient (Wildman–Crippen LogP) is -0.256. The molecule has 0 aliphatic carbocycles. The van der Waals surface area contributed by atoms with Gasteiger partial charge in [-0.1, -0.05) is 0 Å². The molecule has 7 heavy (non-hydrogen) atoms. The molecular formula is C4H9ClN2. The molecule has 3 heteroatoms. The number of rotatable bonds is 0. The first kappa shape index (κ1) is 5.35. The van der Waals surface area contributed by atoms with E-state index in [4.69, 9.17) is 11.6 Å². The maximum Gasteiger partial charge on any atom is 0.0952 e. The number of piperazine rings is 1. The Morgan fingerprint density at radius 2 is 2.29 bits per heavy atom. The maximum atomic E-state index is 5.64. The Kier molecular flexibility index (Phi) is 1.91. The molecule has 2 nitrogen and oxygen atoms in total. The summed E-state index contributed by atoms with van der Waals surface area (Å²) in [6.45, 7) is 2.93. The first-order chi connectivity index (χ1) is 3.39. The molecule has 0 aromatic rings. The fraction of sp³-hybridized carbons (Fsp3) is 1.00. The van der Waals surface area contributed by atoms with E-state index in [1.807, 2.05) is 0 Å².